The first kappa shape index (κ1) is 36.0. The van der Waals surface area contributed by atoms with Crippen molar-refractivity contribution in [2.45, 2.75) is 123 Å². The predicted molar refractivity (Wildman–Crippen MR) is 138 cm³/mol. The Morgan fingerprint density at radius 2 is 1.11 bits per heavy atom. The Labute approximate surface area is 265 Å². The van der Waals surface area contributed by atoms with Crippen molar-refractivity contribution in [2.75, 3.05) is 26.4 Å². The summed E-state index contributed by atoms with van der Waals surface area (Å²) in [4.78, 5) is 0. The number of hydrogen-bond donors (Lipinski definition) is 10. The lowest BCUT2D eigenvalue weighted by Gasteiger charge is -2.47. The Balaban J connectivity index is 1.17. The van der Waals surface area contributed by atoms with Crippen molar-refractivity contribution in [3.63, 3.8) is 0 Å². The van der Waals surface area contributed by atoms with Crippen molar-refractivity contribution in [1.29, 1.82) is 0 Å². The molecule has 6 saturated heterocycles. The van der Waals surface area contributed by atoms with Crippen LogP contribution in [-0.2, 0) is 57.2 Å². The minimum atomic E-state index is -5.24. The zero-order chi connectivity index (χ0) is 33.9. The SMILES string of the molecule is O=S(=O)(O)O[C@@H]1[C@H](O[C@@H]2O[C@H]3CO[C@@H]([C@@H]2O)[C@@H]3O)[C@@H](O)[C@H](O[C@H]2[C@H]3OC[C@@H]2O[C@@H](O[C@@H]2[C@@H](O)[C@@H](O)O[C@H](CO)[C@@H]2O)[C@H]3O)O[C@@H]1CO. The van der Waals surface area contributed by atoms with Gasteiger partial charge in [-0.3, -0.25) is 4.55 Å². The van der Waals surface area contributed by atoms with Crippen molar-refractivity contribution in [3.8, 4) is 0 Å². The molecule has 23 heteroatoms. The molecule has 0 amide bonds. The molecule has 22 nitrogen and oxygen atoms in total. The lowest BCUT2D eigenvalue weighted by atomic mass is 9.96. The molecule has 4 bridgehead atoms. The van der Waals surface area contributed by atoms with Crippen LogP contribution in [0.15, 0.2) is 0 Å². The molecule has 0 unspecified atom stereocenters. The van der Waals surface area contributed by atoms with Gasteiger partial charge in [0.15, 0.2) is 25.2 Å². The second-order valence-corrected chi connectivity index (χ2v) is 12.9. The van der Waals surface area contributed by atoms with Gasteiger partial charge in [-0.2, -0.15) is 8.42 Å². The topological polar surface area (TPSA) is 329 Å². The summed E-state index contributed by atoms with van der Waals surface area (Å²) in [6.45, 7) is -2.01. The highest BCUT2D eigenvalue weighted by atomic mass is 32.3. The van der Waals surface area contributed by atoms with E-state index in [-0.39, 0.29) is 13.2 Å². The van der Waals surface area contributed by atoms with E-state index in [1.54, 1.807) is 0 Å². The maximum atomic E-state index is 11.7. The van der Waals surface area contributed by atoms with E-state index in [9.17, 15) is 58.9 Å². The third-order valence-corrected chi connectivity index (χ3v) is 9.37. The molecule has 6 fully saturated rings. The normalized spacial score (nSPS) is 53.3. The van der Waals surface area contributed by atoms with Crippen LogP contribution in [-0.4, -0.2) is 208 Å². The molecule has 6 aliphatic rings. The first-order chi connectivity index (χ1) is 22.2. The zero-order valence-electron chi connectivity index (χ0n) is 24.2. The van der Waals surface area contributed by atoms with Crippen LogP contribution in [0.1, 0.15) is 0 Å². The van der Waals surface area contributed by atoms with Crippen molar-refractivity contribution in [3.05, 3.63) is 0 Å². The molecule has 0 aromatic rings. The molecule has 6 heterocycles. The first-order valence-corrected chi connectivity index (χ1v) is 16.0. The van der Waals surface area contributed by atoms with Gasteiger partial charge in [-0.05, 0) is 0 Å². The van der Waals surface area contributed by atoms with Gasteiger partial charge in [-0.1, -0.05) is 0 Å². The maximum Gasteiger partial charge on any atom is 0.397 e. The lowest BCUT2D eigenvalue weighted by Crippen LogP contribution is -2.66. The Morgan fingerprint density at radius 3 is 1.77 bits per heavy atom. The fourth-order valence-corrected chi connectivity index (χ4v) is 7.03. The van der Waals surface area contributed by atoms with Gasteiger partial charge in [0, 0.05) is 0 Å². The van der Waals surface area contributed by atoms with Gasteiger partial charge in [-0.25, -0.2) is 4.18 Å². The van der Waals surface area contributed by atoms with E-state index in [0.717, 1.165) is 0 Å². The summed E-state index contributed by atoms with van der Waals surface area (Å²) in [5, 5.41) is 93.4. The summed E-state index contributed by atoms with van der Waals surface area (Å²) in [5.74, 6) is 0. The average Bonchev–Trinajstić information content (AvgIpc) is 3.48. The van der Waals surface area contributed by atoms with Crippen molar-refractivity contribution >= 4 is 10.4 Å². The minimum absolute atomic E-state index is 0.110. The van der Waals surface area contributed by atoms with E-state index in [4.69, 9.17) is 42.6 Å². The van der Waals surface area contributed by atoms with Gasteiger partial charge in [0.1, 0.15) is 97.7 Å². The lowest BCUT2D eigenvalue weighted by molar-refractivity contribution is -0.370. The summed E-state index contributed by atoms with van der Waals surface area (Å²) in [6.07, 6.45) is -30.8. The van der Waals surface area contributed by atoms with E-state index < -0.39 is 146 Å². The third kappa shape index (κ3) is 6.93. The molecule has 272 valence electrons. The van der Waals surface area contributed by atoms with E-state index in [0.29, 0.717) is 0 Å². The van der Waals surface area contributed by atoms with E-state index >= 15 is 0 Å². The Hall–Kier alpha value is -0.850. The van der Waals surface area contributed by atoms with Crippen LogP contribution in [0.3, 0.4) is 0 Å². The molecular formula is C24H38O22S. The molecule has 0 saturated carbocycles. The van der Waals surface area contributed by atoms with Crippen LogP contribution >= 0.6 is 0 Å². The molecule has 0 aromatic carbocycles. The highest BCUT2D eigenvalue weighted by Gasteiger charge is 2.59. The molecular weight excluding hydrogens is 672 g/mol. The molecule has 20 atom stereocenters. The molecule has 47 heavy (non-hydrogen) atoms. The average molecular weight is 711 g/mol. The largest absolute Gasteiger partial charge is 0.397 e. The fraction of sp³-hybridized carbons (Fsp3) is 1.00. The van der Waals surface area contributed by atoms with Crippen molar-refractivity contribution < 1.29 is 106 Å². The number of ether oxygens (including phenoxy) is 9. The van der Waals surface area contributed by atoms with Crippen LogP contribution in [0.5, 0.6) is 0 Å². The van der Waals surface area contributed by atoms with Gasteiger partial charge in [-0.15, -0.1) is 0 Å². The van der Waals surface area contributed by atoms with Gasteiger partial charge in [0.25, 0.3) is 0 Å². The maximum absolute atomic E-state index is 11.7. The highest BCUT2D eigenvalue weighted by molar-refractivity contribution is 7.80. The smallest absolute Gasteiger partial charge is 0.394 e. The number of hydrogen-bond acceptors (Lipinski definition) is 21. The minimum Gasteiger partial charge on any atom is -0.394 e. The second kappa shape index (κ2) is 14.0. The molecule has 6 rings (SSSR count). The van der Waals surface area contributed by atoms with E-state index in [1.165, 1.54) is 0 Å². The monoisotopic (exact) mass is 710 g/mol. The standard InChI is InChI=1S/C24H38O22S/c25-1-5-9(27)18(11(29)21(33)39-5)44-23-13(31)19-15(8(42-23)4-38-19)43-24-14(32)20(16(6(2-26)40-24)46-47(34,35)36)45-22-12(30)17-10(28)7(41-22)3-37-17/h5-33H,1-4H2,(H,34,35,36)/t5-,6-,7+,8+,9+,10-,11-,12+,13+,14-,15-,16+,17-,18+,19+,20-,21+,22+,23+,24+/m1/s1. The molecule has 0 radical (unpaired) electrons. The van der Waals surface area contributed by atoms with Gasteiger partial charge in [0.05, 0.1) is 26.4 Å². The summed E-state index contributed by atoms with van der Waals surface area (Å²) in [5.41, 5.74) is 0. The number of aliphatic hydroxyl groups excluding tert-OH is 9. The van der Waals surface area contributed by atoms with Gasteiger partial charge >= 0.3 is 10.4 Å². The van der Waals surface area contributed by atoms with Crippen LogP contribution in [0, 0.1) is 0 Å². The van der Waals surface area contributed by atoms with Crippen LogP contribution < -0.4 is 0 Å². The number of rotatable bonds is 10. The van der Waals surface area contributed by atoms with Crippen LogP contribution in [0.25, 0.3) is 0 Å². The Bertz CT molecular complexity index is 1180. The fourth-order valence-electron chi connectivity index (χ4n) is 6.52. The zero-order valence-corrected chi connectivity index (χ0v) is 25.0. The van der Waals surface area contributed by atoms with Crippen LogP contribution in [0.4, 0.5) is 0 Å². The molecule has 0 aromatic heterocycles. The van der Waals surface area contributed by atoms with Crippen molar-refractivity contribution in [2.24, 2.45) is 0 Å². The van der Waals surface area contributed by atoms with Crippen molar-refractivity contribution in [1.82, 2.24) is 0 Å². The Morgan fingerprint density at radius 1 is 0.553 bits per heavy atom. The summed E-state index contributed by atoms with van der Waals surface area (Å²) in [7, 11) is -5.24. The summed E-state index contributed by atoms with van der Waals surface area (Å²) in [6, 6.07) is 0. The number of aliphatic hydroxyl groups is 9. The third-order valence-electron chi connectivity index (χ3n) is 8.90. The van der Waals surface area contributed by atoms with Gasteiger partial charge < -0.3 is 88.6 Å². The van der Waals surface area contributed by atoms with Gasteiger partial charge in [0.2, 0.25) is 0 Å². The number of fused-ring (bicyclic) bond motifs is 4. The molecule has 10 N–H and O–H groups in total. The van der Waals surface area contributed by atoms with E-state index in [1.807, 2.05) is 0 Å². The van der Waals surface area contributed by atoms with Crippen LogP contribution in [0.2, 0.25) is 0 Å². The highest BCUT2D eigenvalue weighted by Crippen LogP contribution is 2.39. The predicted octanol–water partition coefficient (Wildman–Crippen LogP) is -7.83. The quantitative estimate of drug-likeness (QED) is 0.0941. The molecule has 6 aliphatic heterocycles. The molecule has 0 spiro atoms. The van der Waals surface area contributed by atoms with E-state index in [2.05, 4.69) is 4.18 Å². The summed E-state index contributed by atoms with van der Waals surface area (Å²) < 4.78 is 87.3. The second-order valence-electron chi connectivity index (χ2n) is 11.9. The first-order valence-electron chi connectivity index (χ1n) is 14.7. The Kier molecular flexibility index (Phi) is 10.7. The molecule has 0 aliphatic carbocycles. The summed E-state index contributed by atoms with van der Waals surface area (Å²) >= 11 is 0.